The van der Waals surface area contributed by atoms with Gasteiger partial charge in [-0.3, -0.25) is 0 Å². The Morgan fingerprint density at radius 3 is 3.22 bits per heavy atom. The SMILES string of the molecule is NC(CCc1ccc2c(c1)CCO2)c1cn[nH]n1. The van der Waals surface area contributed by atoms with Gasteiger partial charge in [0, 0.05) is 6.42 Å². The summed E-state index contributed by atoms with van der Waals surface area (Å²) in [4.78, 5) is 0. The largest absolute Gasteiger partial charge is 0.493 e. The lowest BCUT2D eigenvalue weighted by Gasteiger charge is -2.08. The first-order chi connectivity index (χ1) is 8.83. The molecule has 2 aromatic rings. The lowest BCUT2D eigenvalue weighted by atomic mass is 10.0. The van der Waals surface area contributed by atoms with Crippen molar-refractivity contribution in [3.05, 3.63) is 41.2 Å². The number of aromatic amines is 1. The Morgan fingerprint density at radius 2 is 2.39 bits per heavy atom. The standard InChI is InChI=1S/C13H16N4O/c14-11(12-8-15-17-16-12)3-1-9-2-4-13-10(7-9)5-6-18-13/h2,4,7-8,11H,1,3,5-6,14H2,(H,15,16,17). The first kappa shape index (κ1) is 11.2. The van der Waals surface area contributed by atoms with Crippen LogP contribution in [-0.2, 0) is 12.8 Å². The van der Waals surface area contributed by atoms with E-state index in [2.05, 4.69) is 33.6 Å². The third kappa shape index (κ3) is 2.22. The van der Waals surface area contributed by atoms with Gasteiger partial charge in [0.2, 0.25) is 0 Å². The normalized spacial score (nSPS) is 15.2. The number of nitrogens with two attached hydrogens (primary N) is 1. The molecule has 1 atom stereocenters. The van der Waals surface area contributed by atoms with Crippen LogP contribution < -0.4 is 10.5 Å². The van der Waals surface area contributed by atoms with Crippen LogP contribution in [0.2, 0.25) is 0 Å². The van der Waals surface area contributed by atoms with E-state index in [1.165, 1.54) is 11.1 Å². The summed E-state index contributed by atoms with van der Waals surface area (Å²) >= 11 is 0. The molecule has 1 aromatic heterocycles. The zero-order chi connectivity index (χ0) is 12.4. The summed E-state index contributed by atoms with van der Waals surface area (Å²) in [6, 6.07) is 6.32. The fraction of sp³-hybridized carbons (Fsp3) is 0.385. The molecule has 3 N–H and O–H groups in total. The van der Waals surface area contributed by atoms with Gasteiger partial charge in [0.15, 0.2) is 0 Å². The number of fused-ring (bicyclic) bond motifs is 1. The van der Waals surface area contributed by atoms with E-state index in [-0.39, 0.29) is 6.04 Å². The third-order valence-electron chi connectivity index (χ3n) is 3.31. The van der Waals surface area contributed by atoms with Crippen molar-refractivity contribution in [3.63, 3.8) is 0 Å². The predicted octanol–water partition coefficient (Wildman–Crippen LogP) is 1.37. The van der Waals surface area contributed by atoms with Crippen molar-refractivity contribution in [2.24, 2.45) is 5.73 Å². The molecule has 0 spiro atoms. The fourth-order valence-corrected chi connectivity index (χ4v) is 2.25. The molecule has 0 saturated carbocycles. The molecule has 94 valence electrons. The van der Waals surface area contributed by atoms with Gasteiger partial charge in [-0.1, -0.05) is 12.1 Å². The average Bonchev–Trinajstić information content (AvgIpc) is 3.05. The third-order valence-corrected chi connectivity index (χ3v) is 3.31. The molecule has 0 fully saturated rings. The summed E-state index contributed by atoms with van der Waals surface area (Å²) < 4.78 is 5.49. The highest BCUT2D eigenvalue weighted by molar-refractivity contribution is 5.39. The van der Waals surface area contributed by atoms with E-state index < -0.39 is 0 Å². The maximum atomic E-state index is 6.05. The van der Waals surface area contributed by atoms with Crippen LogP contribution in [0.4, 0.5) is 0 Å². The summed E-state index contributed by atoms with van der Waals surface area (Å²) in [6.07, 6.45) is 4.51. The molecule has 5 heteroatoms. The molecule has 1 unspecified atom stereocenters. The molecule has 1 aliphatic heterocycles. The van der Waals surface area contributed by atoms with Crippen LogP contribution in [0.5, 0.6) is 5.75 Å². The van der Waals surface area contributed by atoms with Crippen LogP contribution in [0, 0.1) is 0 Å². The highest BCUT2D eigenvalue weighted by Crippen LogP contribution is 2.26. The Kier molecular flexibility index (Phi) is 2.98. The first-order valence-electron chi connectivity index (χ1n) is 6.19. The van der Waals surface area contributed by atoms with Gasteiger partial charge < -0.3 is 10.5 Å². The van der Waals surface area contributed by atoms with Gasteiger partial charge in [-0.15, -0.1) is 0 Å². The lowest BCUT2D eigenvalue weighted by molar-refractivity contribution is 0.357. The minimum Gasteiger partial charge on any atom is -0.493 e. The molecule has 1 aliphatic rings. The van der Waals surface area contributed by atoms with E-state index in [0.29, 0.717) is 0 Å². The molecule has 5 nitrogen and oxygen atoms in total. The maximum Gasteiger partial charge on any atom is 0.122 e. The van der Waals surface area contributed by atoms with Gasteiger partial charge in [-0.25, -0.2) is 0 Å². The molecular formula is C13H16N4O. The topological polar surface area (TPSA) is 76.8 Å². The van der Waals surface area contributed by atoms with Crippen LogP contribution in [0.25, 0.3) is 0 Å². The molecule has 0 amide bonds. The lowest BCUT2D eigenvalue weighted by Crippen LogP contribution is -2.11. The zero-order valence-electron chi connectivity index (χ0n) is 10.1. The van der Waals surface area contributed by atoms with Crippen LogP contribution in [0.15, 0.2) is 24.4 Å². The molecule has 0 saturated heterocycles. The molecule has 18 heavy (non-hydrogen) atoms. The summed E-state index contributed by atoms with van der Waals surface area (Å²) in [6.45, 7) is 0.803. The average molecular weight is 244 g/mol. The van der Waals surface area contributed by atoms with Crippen molar-refractivity contribution in [1.29, 1.82) is 0 Å². The van der Waals surface area contributed by atoms with Crippen molar-refractivity contribution in [3.8, 4) is 5.75 Å². The molecule has 2 heterocycles. The maximum absolute atomic E-state index is 6.05. The smallest absolute Gasteiger partial charge is 0.122 e. The van der Waals surface area contributed by atoms with Gasteiger partial charge >= 0.3 is 0 Å². The summed E-state index contributed by atoms with van der Waals surface area (Å²) in [5.41, 5.74) is 9.48. The Balaban J connectivity index is 1.63. The Hall–Kier alpha value is -1.88. The number of aromatic nitrogens is 3. The van der Waals surface area contributed by atoms with Gasteiger partial charge in [0.05, 0.1) is 24.5 Å². The highest BCUT2D eigenvalue weighted by Gasteiger charge is 2.13. The summed E-state index contributed by atoms with van der Waals surface area (Å²) in [5.74, 6) is 1.03. The molecule has 0 aliphatic carbocycles. The molecule has 0 bridgehead atoms. The Morgan fingerprint density at radius 1 is 1.44 bits per heavy atom. The number of ether oxygens (including phenoxy) is 1. The number of aryl methyl sites for hydroxylation is 1. The van der Waals surface area contributed by atoms with Crippen molar-refractivity contribution in [1.82, 2.24) is 15.4 Å². The van der Waals surface area contributed by atoms with Gasteiger partial charge in [-0.2, -0.15) is 15.4 Å². The Bertz CT molecular complexity index is 524. The fourth-order valence-electron chi connectivity index (χ4n) is 2.25. The summed E-state index contributed by atoms with van der Waals surface area (Å²) in [5, 5.41) is 10.4. The van der Waals surface area contributed by atoms with Gasteiger partial charge in [0.1, 0.15) is 5.75 Å². The van der Waals surface area contributed by atoms with E-state index in [0.717, 1.165) is 37.3 Å². The summed E-state index contributed by atoms with van der Waals surface area (Å²) in [7, 11) is 0. The second-order valence-corrected chi connectivity index (χ2v) is 4.58. The monoisotopic (exact) mass is 244 g/mol. The minimum absolute atomic E-state index is 0.0618. The zero-order valence-corrected chi connectivity index (χ0v) is 10.1. The van der Waals surface area contributed by atoms with Crippen molar-refractivity contribution in [2.45, 2.75) is 25.3 Å². The van der Waals surface area contributed by atoms with E-state index in [4.69, 9.17) is 10.5 Å². The molecule has 0 radical (unpaired) electrons. The van der Waals surface area contributed by atoms with Crippen molar-refractivity contribution < 1.29 is 4.74 Å². The quantitative estimate of drug-likeness (QED) is 0.851. The van der Waals surface area contributed by atoms with E-state index in [1.807, 2.05) is 0 Å². The Labute approximate surface area is 105 Å². The van der Waals surface area contributed by atoms with E-state index >= 15 is 0 Å². The molecular weight excluding hydrogens is 228 g/mol. The van der Waals surface area contributed by atoms with Crippen LogP contribution >= 0.6 is 0 Å². The highest BCUT2D eigenvalue weighted by atomic mass is 16.5. The minimum atomic E-state index is -0.0618. The first-order valence-corrected chi connectivity index (χ1v) is 6.19. The van der Waals surface area contributed by atoms with Crippen molar-refractivity contribution >= 4 is 0 Å². The molecule has 3 rings (SSSR count). The number of hydrogen-bond donors (Lipinski definition) is 2. The van der Waals surface area contributed by atoms with E-state index in [9.17, 15) is 0 Å². The number of hydrogen-bond acceptors (Lipinski definition) is 4. The number of H-pyrrole nitrogens is 1. The van der Waals surface area contributed by atoms with Gasteiger partial charge in [-0.05, 0) is 30.0 Å². The van der Waals surface area contributed by atoms with Crippen LogP contribution in [-0.4, -0.2) is 22.0 Å². The second kappa shape index (κ2) is 4.78. The van der Waals surface area contributed by atoms with Crippen LogP contribution in [0.1, 0.15) is 29.3 Å². The van der Waals surface area contributed by atoms with Gasteiger partial charge in [0.25, 0.3) is 0 Å². The predicted molar refractivity (Wildman–Crippen MR) is 67.3 cm³/mol. The van der Waals surface area contributed by atoms with E-state index in [1.54, 1.807) is 6.20 Å². The number of benzene rings is 1. The number of nitrogens with one attached hydrogen (secondary N) is 1. The number of nitrogens with zero attached hydrogens (tertiary/aromatic N) is 2. The van der Waals surface area contributed by atoms with Crippen LogP contribution in [0.3, 0.4) is 0 Å². The second-order valence-electron chi connectivity index (χ2n) is 4.58. The number of rotatable bonds is 4. The molecule has 1 aromatic carbocycles. The van der Waals surface area contributed by atoms with Crippen molar-refractivity contribution in [2.75, 3.05) is 6.61 Å².